The number of rotatable bonds is 6. The van der Waals surface area contributed by atoms with Gasteiger partial charge in [-0.25, -0.2) is 0 Å². The molecule has 28 heavy (non-hydrogen) atoms. The number of hydrogen-bond acceptors (Lipinski definition) is 5. The molecule has 0 aromatic heterocycles. The molecule has 1 aromatic rings. The van der Waals surface area contributed by atoms with Crippen molar-refractivity contribution in [3.8, 4) is 5.75 Å². The third-order valence-electron chi connectivity index (χ3n) is 6.24. The zero-order valence-electron chi connectivity index (χ0n) is 17.5. The van der Waals surface area contributed by atoms with E-state index in [0.717, 1.165) is 24.6 Å². The van der Waals surface area contributed by atoms with Crippen molar-refractivity contribution in [2.75, 3.05) is 45.2 Å². The minimum absolute atomic E-state index is 0.154. The Labute approximate surface area is 168 Å². The van der Waals surface area contributed by atoms with Gasteiger partial charge in [-0.1, -0.05) is 13.0 Å². The van der Waals surface area contributed by atoms with Gasteiger partial charge in [-0.3, -0.25) is 4.79 Å². The van der Waals surface area contributed by atoms with Crippen molar-refractivity contribution in [2.45, 2.75) is 51.7 Å². The van der Waals surface area contributed by atoms with Gasteiger partial charge in [0.25, 0.3) is 0 Å². The number of aliphatic hydroxyl groups excluding tert-OH is 1. The normalized spacial score (nSPS) is 21.4. The second kappa shape index (κ2) is 9.72. The van der Waals surface area contributed by atoms with E-state index in [1.807, 2.05) is 12.1 Å². The maximum absolute atomic E-state index is 11.4. The van der Waals surface area contributed by atoms with E-state index >= 15 is 0 Å². The summed E-state index contributed by atoms with van der Waals surface area (Å²) in [6, 6.07) is 6.18. The molecule has 2 heterocycles. The number of carbonyl (C=O) groups is 1. The number of anilines is 1. The summed E-state index contributed by atoms with van der Waals surface area (Å²) in [5.74, 6) is 1.32. The fourth-order valence-electron chi connectivity index (χ4n) is 4.43. The smallest absolute Gasteiger partial charge is 0.221 e. The number of amides is 1. The molecule has 0 bridgehead atoms. The van der Waals surface area contributed by atoms with E-state index in [9.17, 15) is 9.90 Å². The van der Waals surface area contributed by atoms with E-state index in [4.69, 9.17) is 4.74 Å². The highest BCUT2D eigenvalue weighted by Gasteiger charge is 2.28. The Morgan fingerprint density at radius 2 is 1.89 bits per heavy atom. The van der Waals surface area contributed by atoms with Crippen molar-refractivity contribution < 1.29 is 14.6 Å². The minimum atomic E-state index is -0.578. The number of nitrogens with zero attached hydrogens (tertiary/aromatic N) is 2. The highest BCUT2D eigenvalue weighted by atomic mass is 16.5. The number of ether oxygens (including phenoxy) is 1. The van der Waals surface area contributed by atoms with Gasteiger partial charge in [0.05, 0.1) is 18.9 Å². The summed E-state index contributed by atoms with van der Waals surface area (Å²) in [5.41, 5.74) is 1.40. The predicted octanol–water partition coefficient (Wildman–Crippen LogP) is 2.88. The third kappa shape index (κ3) is 5.46. The number of nitrogens with one attached hydrogen (secondary N) is 1. The summed E-state index contributed by atoms with van der Waals surface area (Å²) >= 11 is 0. The molecule has 0 saturated carbocycles. The maximum Gasteiger partial charge on any atom is 0.221 e. The highest BCUT2D eigenvalue weighted by Crippen LogP contribution is 2.29. The average Bonchev–Trinajstić information content (AvgIpc) is 2.69. The van der Waals surface area contributed by atoms with Gasteiger partial charge in [-0.2, -0.15) is 0 Å². The molecule has 2 aliphatic rings. The summed E-state index contributed by atoms with van der Waals surface area (Å²) in [7, 11) is 1.57. The molecule has 0 radical (unpaired) electrons. The van der Waals surface area contributed by atoms with Gasteiger partial charge in [-0.05, 0) is 75.5 Å². The Morgan fingerprint density at radius 1 is 1.21 bits per heavy atom. The van der Waals surface area contributed by atoms with E-state index in [1.165, 1.54) is 45.7 Å². The second-order valence-corrected chi connectivity index (χ2v) is 8.41. The van der Waals surface area contributed by atoms with Crippen molar-refractivity contribution in [2.24, 2.45) is 5.92 Å². The molecule has 1 unspecified atom stereocenters. The van der Waals surface area contributed by atoms with Crippen LogP contribution in [0.4, 0.5) is 5.69 Å². The van der Waals surface area contributed by atoms with Gasteiger partial charge >= 0.3 is 0 Å². The number of hydrogen-bond donors (Lipinski definition) is 2. The first kappa shape index (κ1) is 21.1. The molecule has 2 N–H and O–H groups in total. The average molecular weight is 390 g/mol. The summed E-state index contributed by atoms with van der Waals surface area (Å²) < 4.78 is 5.30. The first-order valence-corrected chi connectivity index (χ1v) is 10.6. The van der Waals surface area contributed by atoms with E-state index in [1.54, 1.807) is 13.2 Å². The lowest BCUT2D eigenvalue weighted by molar-refractivity contribution is -0.114. The van der Waals surface area contributed by atoms with Crippen LogP contribution in [0.15, 0.2) is 18.2 Å². The molecule has 2 saturated heterocycles. The molecular formula is C22H35N3O3. The number of β-amino-alcohol motifs (C(OH)–C–C–N with tert-alkyl or cyclic N) is 1. The molecule has 6 nitrogen and oxygen atoms in total. The monoisotopic (exact) mass is 389 g/mol. The van der Waals surface area contributed by atoms with Crippen molar-refractivity contribution >= 4 is 11.6 Å². The Kier molecular flexibility index (Phi) is 7.32. The van der Waals surface area contributed by atoms with Crippen LogP contribution in [0.3, 0.4) is 0 Å². The lowest BCUT2D eigenvalue weighted by Crippen LogP contribution is -2.48. The SMILES string of the molecule is COc1ccc(C(O)CN2CCC(N3CCC(C)CC3)CC2)cc1NC(C)=O. The van der Waals surface area contributed by atoms with E-state index in [2.05, 4.69) is 22.0 Å². The molecular weight excluding hydrogens is 354 g/mol. The van der Waals surface area contributed by atoms with Crippen molar-refractivity contribution in [1.29, 1.82) is 0 Å². The van der Waals surface area contributed by atoms with Crippen LogP contribution >= 0.6 is 0 Å². The van der Waals surface area contributed by atoms with Crippen LogP contribution in [0, 0.1) is 5.92 Å². The van der Waals surface area contributed by atoms with Gasteiger partial charge in [-0.15, -0.1) is 0 Å². The first-order valence-electron chi connectivity index (χ1n) is 10.6. The minimum Gasteiger partial charge on any atom is -0.495 e. The third-order valence-corrected chi connectivity index (χ3v) is 6.24. The topological polar surface area (TPSA) is 65.0 Å². The van der Waals surface area contributed by atoms with Crippen molar-refractivity contribution in [3.05, 3.63) is 23.8 Å². The Balaban J connectivity index is 1.53. The number of aliphatic hydroxyl groups is 1. The fraction of sp³-hybridized carbons (Fsp3) is 0.682. The number of benzene rings is 1. The fourth-order valence-corrected chi connectivity index (χ4v) is 4.43. The zero-order valence-corrected chi connectivity index (χ0v) is 17.5. The Morgan fingerprint density at radius 3 is 2.50 bits per heavy atom. The van der Waals surface area contributed by atoms with Crippen LogP contribution in [0.2, 0.25) is 0 Å². The largest absolute Gasteiger partial charge is 0.495 e. The van der Waals surface area contributed by atoms with E-state index < -0.39 is 6.10 Å². The lowest BCUT2D eigenvalue weighted by atomic mass is 9.94. The lowest BCUT2D eigenvalue weighted by Gasteiger charge is -2.41. The quantitative estimate of drug-likeness (QED) is 0.783. The molecule has 1 atom stereocenters. The summed E-state index contributed by atoms with van der Waals surface area (Å²) in [4.78, 5) is 16.5. The second-order valence-electron chi connectivity index (χ2n) is 8.41. The van der Waals surface area contributed by atoms with Gasteiger partial charge in [0.15, 0.2) is 0 Å². The van der Waals surface area contributed by atoms with Crippen molar-refractivity contribution in [1.82, 2.24) is 9.80 Å². The molecule has 3 rings (SSSR count). The molecule has 1 aromatic carbocycles. The van der Waals surface area contributed by atoms with Crippen LogP contribution in [0.25, 0.3) is 0 Å². The molecule has 1 amide bonds. The summed E-state index contributed by atoms with van der Waals surface area (Å²) in [6.45, 7) is 8.99. The molecule has 6 heteroatoms. The molecule has 156 valence electrons. The highest BCUT2D eigenvalue weighted by molar-refractivity contribution is 5.90. The van der Waals surface area contributed by atoms with Gasteiger partial charge in [0, 0.05) is 19.5 Å². The standard InChI is InChI=1S/C22H35N3O3/c1-16-6-12-25(13-7-16)19-8-10-24(11-9-19)15-21(27)18-4-5-22(28-3)20(14-18)23-17(2)26/h4-5,14,16,19,21,27H,6-13,15H2,1-3H3,(H,23,26). The molecule has 0 spiro atoms. The van der Waals surface area contributed by atoms with Crippen LogP contribution in [-0.4, -0.2) is 66.7 Å². The van der Waals surface area contributed by atoms with E-state index in [0.29, 0.717) is 24.0 Å². The number of piperidine rings is 2. The van der Waals surface area contributed by atoms with Crippen LogP contribution in [-0.2, 0) is 4.79 Å². The number of methoxy groups -OCH3 is 1. The maximum atomic E-state index is 11.4. The predicted molar refractivity (Wildman–Crippen MR) is 112 cm³/mol. The Hall–Kier alpha value is -1.63. The van der Waals surface area contributed by atoms with Crippen LogP contribution in [0.5, 0.6) is 5.75 Å². The molecule has 0 aliphatic carbocycles. The van der Waals surface area contributed by atoms with Crippen LogP contribution in [0.1, 0.15) is 51.2 Å². The van der Waals surface area contributed by atoms with Crippen LogP contribution < -0.4 is 10.1 Å². The summed E-state index contributed by atoms with van der Waals surface area (Å²) in [6.07, 6.45) is 4.44. The zero-order chi connectivity index (χ0) is 20.1. The van der Waals surface area contributed by atoms with E-state index in [-0.39, 0.29) is 5.91 Å². The van der Waals surface area contributed by atoms with Gasteiger partial charge in [0.1, 0.15) is 5.75 Å². The molecule has 2 fully saturated rings. The Bertz CT molecular complexity index is 650. The first-order chi connectivity index (χ1) is 13.5. The van der Waals surface area contributed by atoms with Gasteiger partial charge < -0.3 is 25.0 Å². The number of carbonyl (C=O) groups excluding carboxylic acids is 1. The summed E-state index contributed by atoms with van der Waals surface area (Å²) in [5, 5.41) is 13.5. The van der Waals surface area contributed by atoms with Crippen molar-refractivity contribution in [3.63, 3.8) is 0 Å². The van der Waals surface area contributed by atoms with Gasteiger partial charge in [0.2, 0.25) is 5.91 Å². The molecule has 2 aliphatic heterocycles. The number of likely N-dealkylation sites (tertiary alicyclic amines) is 2.